The molecular weight excluding hydrogens is 391 g/mol. The van der Waals surface area contributed by atoms with Crippen LogP contribution in [0, 0.1) is 10.1 Å². The largest absolute Gasteiger partial charge is 0.484 e. The van der Waals surface area contributed by atoms with Crippen LogP contribution in [0.25, 0.3) is 0 Å². The fourth-order valence-electron chi connectivity index (χ4n) is 2.42. The fraction of sp³-hybridized carbons (Fsp3) is 0.316. The smallest absolute Gasteiger partial charge is 0.422 e. The third-order valence-electron chi connectivity index (χ3n) is 3.87. The summed E-state index contributed by atoms with van der Waals surface area (Å²) in [6, 6.07) is 9.81. The highest BCUT2D eigenvalue weighted by Gasteiger charge is 2.29. The standard InChI is InChI=1S/C19H20F3N3O4/c1-24(2)10-9-13-3-5-14(6-4-13)23-18(26)16-11-15(29-12-19(20,21)22)7-8-17(16)25(27)28/h3-8,11H,9-10,12H2,1-2H3,(H,23,26). The number of halogens is 3. The van der Waals surface area contributed by atoms with E-state index in [2.05, 4.69) is 10.1 Å². The van der Waals surface area contributed by atoms with Gasteiger partial charge < -0.3 is 15.0 Å². The van der Waals surface area contributed by atoms with Gasteiger partial charge in [0, 0.05) is 18.3 Å². The molecule has 0 aromatic heterocycles. The molecule has 0 heterocycles. The Labute approximate surface area is 165 Å². The zero-order chi connectivity index (χ0) is 21.6. The number of anilines is 1. The Morgan fingerprint density at radius 2 is 1.83 bits per heavy atom. The first kappa shape index (κ1) is 22.2. The van der Waals surface area contributed by atoms with Gasteiger partial charge in [0.15, 0.2) is 6.61 Å². The van der Waals surface area contributed by atoms with Gasteiger partial charge in [-0.15, -0.1) is 0 Å². The number of nitrogens with zero attached hydrogens (tertiary/aromatic N) is 2. The van der Waals surface area contributed by atoms with E-state index in [0.717, 1.165) is 36.7 Å². The monoisotopic (exact) mass is 411 g/mol. The van der Waals surface area contributed by atoms with Crippen molar-refractivity contribution in [3.63, 3.8) is 0 Å². The van der Waals surface area contributed by atoms with E-state index in [1.165, 1.54) is 0 Å². The van der Waals surface area contributed by atoms with Gasteiger partial charge in [-0.1, -0.05) is 12.1 Å². The van der Waals surface area contributed by atoms with Gasteiger partial charge in [0.05, 0.1) is 4.92 Å². The van der Waals surface area contributed by atoms with Crippen molar-refractivity contribution in [2.75, 3.05) is 32.6 Å². The molecule has 1 amide bonds. The first-order valence-electron chi connectivity index (χ1n) is 8.58. The average Bonchev–Trinajstić information content (AvgIpc) is 2.64. The summed E-state index contributed by atoms with van der Waals surface area (Å²) < 4.78 is 41.5. The van der Waals surface area contributed by atoms with Crippen molar-refractivity contribution in [1.29, 1.82) is 0 Å². The van der Waals surface area contributed by atoms with Crippen LogP contribution in [0.15, 0.2) is 42.5 Å². The van der Waals surface area contributed by atoms with E-state index in [0.29, 0.717) is 5.69 Å². The van der Waals surface area contributed by atoms with E-state index in [-0.39, 0.29) is 5.75 Å². The summed E-state index contributed by atoms with van der Waals surface area (Å²) in [6.07, 6.45) is -3.76. The van der Waals surface area contributed by atoms with E-state index in [4.69, 9.17) is 0 Å². The molecule has 0 spiro atoms. The van der Waals surface area contributed by atoms with Crippen LogP contribution in [0.5, 0.6) is 5.75 Å². The van der Waals surface area contributed by atoms with Gasteiger partial charge in [0.2, 0.25) is 0 Å². The number of ether oxygens (including phenoxy) is 1. The van der Waals surface area contributed by atoms with Gasteiger partial charge >= 0.3 is 6.18 Å². The lowest BCUT2D eigenvalue weighted by Crippen LogP contribution is -2.20. The molecule has 0 fully saturated rings. The molecule has 0 radical (unpaired) electrons. The van der Waals surface area contributed by atoms with E-state index >= 15 is 0 Å². The molecule has 10 heteroatoms. The van der Waals surface area contributed by atoms with Crippen LogP contribution in [0.2, 0.25) is 0 Å². The molecule has 2 aromatic rings. The minimum absolute atomic E-state index is 0.294. The predicted molar refractivity (Wildman–Crippen MR) is 101 cm³/mol. The number of hydrogen-bond donors (Lipinski definition) is 1. The van der Waals surface area contributed by atoms with Crippen LogP contribution in [0.3, 0.4) is 0 Å². The maximum atomic E-state index is 12.5. The van der Waals surface area contributed by atoms with Crippen LogP contribution in [-0.2, 0) is 6.42 Å². The fourth-order valence-corrected chi connectivity index (χ4v) is 2.42. The number of amides is 1. The highest BCUT2D eigenvalue weighted by Crippen LogP contribution is 2.26. The summed E-state index contributed by atoms with van der Waals surface area (Å²) in [5.41, 5.74) is 0.514. The number of alkyl halides is 3. The van der Waals surface area contributed by atoms with Crippen molar-refractivity contribution in [3.05, 3.63) is 63.7 Å². The van der Waals surface area contributed by atoms with Gasteiger partial charge in [-0.3, -0.25) is 14.9 Å². The molecule has 0 saturated heterocycles. The number of nitro benzene ring substituents is 1. The Kier molecular flexibility index (Phi) is 7.16. The lowest BCUT2D eigenvalue weighted by Gasteiger charge is -2.12. The van der Waals surface area contributed by atoms with Crippen molar-refractivity contribution in [1.82, 2.24) is 4.90 Å². The maximum absolute atomic E-state index is 12.5. The Morgan fingerprint density at radius 1 is 1.17 bits per heavy atom. The van der Waals surface area contributed by atoms with Crippen molar-refractivity contribution < 1.29 is 27.6 Å². The van der Waals surface area contributed by atoms with E-state index in [1.807, 2.05) is 31.1 Å². The molecule has 0 aliphatic rings. The topological polar surface area (TPSA) is 84.7 Å². The third kappa shape index (κ3) is 7.07. The quantitative estimate of drug-likeness (QED) is 0.526. The van der Waals surface area contributed by atoms with Crippen LogP contribution >= 0.6 is 0 Å². The Bertz CT molecular complexity index is 868. The highest BCUT2D eigenvalue weighted by molar-refractivity contribution is 6.07. The predicted octanol–water partition coefficient (Wildman–Crippen LogP) is 3.89. The summed E-state index contributed by atoms with van der Waals surface area (Å²) in [4.78, 5) is 24.9. The van der Waals surface area contributed by atoms with Crippen LogP contribution in [0.4, 0.5) is 24.5 Å². The van der Waals surface area contributed by atoms with Gasteiger partial charge in [-0.25, -0.2) is 0 Å². The number of likely N-dealkylation sites (N-methyl/N-ethyl adjacent to an activating group) is 1. The molecule has 0 unspecified atom stereocenters. The van der Waals surface area contributed by atoms with E-state index in [9.17, 15) is 28.1 Å². The summed E-state index contributed by atoms with van der Waals surface area (Å²) in [6.45, 7) is -0.719. The molecular formula is C19H20F3N3O4. The lowest BCUT2D eigenvalue weighted by atomic mass is 10.1. The zero-order valence-corrected chi connectivity index (χ0v) is 15.8. The van der Waals surface area contributed by atoms with Gasteiger partial charge in [-0.05, 0) is 50.3 Å². The SMILES string of the molecule is CN(C)CCc1ccc(NC(=O)c2cc(OCC(F)(F)F)ccc2[N+](=O)[O-])cc1. The molecule has 0 atom stereocenters. The molecule has 0 aliphatic heterocycles. The normalized spacial score (nSPS) is 11.4. The average molecular weight is 411 g/mol. The van der Waals surface area contributed by atoms with Gasteiger partial charge in [0.25, 0.3) is 11.6 Å². The highest BCUT2D eigenvalue weighted by atomic mass is 19.4. The Morgan fingerprint density at radius 3 is 2.38 bits per heavy atom. The maximum Gasteiger partial charge on any atom is 0.422 e. The second-order valence-corrected chi connectivity index (χ2v) is 6.54. The lowest BCUT2D eigenvalue weighted by molar-refractivity contribution is -0.385. The summed E-state index contributed by atoms with van der Waals surface area (Å²) >= 11 is 0. The number of benzene rings is 2. The van der Waals surface area contributed by atoms with Crippen LogP contribution < -0.4 is 10.1 Å². The molecule has 29 heavy (non-hydrogen) atoms. The second kappa shape index (κ2) is 9.37. The van der Waals surface area contributed by atoms with Gasteiger partial charge in [0.1, 0.15) is 11.3 Å². The molecule has 1 N–H and O–H groups in total. The molecule has 0 aliphatic carbocycles. The Balaban J connectivity index is 2.16. The first-order valence-corrected chi connectivity index (χ1v) is 8.58. The van der Waals surface area contributed by atoms with E-state index < -0.39 is 34.9 Å². The van der Waals surface area contributed by atoms with Crippen LogP contribution in [-0.4, -0.2) is 49.2 Å². The minimum Gasteiger partial charge on any atom is -0.484 e. The summed E-state index contributed by atoms with van der Waals surface area (Å²) in [5, 5.41) is 13.7. The van der Waals surface area contributed by atoms with Crippen LogP contribution in [0.1, 0.15) is 15.9 Å². The molecule has 0 bridgehead atoms. The second-order valence-electron chi connectivity index (χ2n) is 6.54. The summed E-state index contributed by atoms with van der Waals surface area (Å²) in [5.74, 6) is -1.12. The number of nitro groups is 1. The number of rotatable bonds is 8. The zero-order valence-electron chi connectivity index (χ0n) is 15.8. The van der Waals surface area contributed by atoms with Crippen molar-refractivity contribution >= 4 is 17.3 Å². The van der Waals surface area contributed by atoms with Crippen molar-refractivity contribution in [2.45, 2.75) is 12.6 Å². The molecule has 0 saturated carbocycles. The van der Waals surface area contributed by atoms with Crippen molar-refractivity contribution in [3.8, 4) is 5.75 Å². The molecule has 156 valence electrons. The van der Waals surface area contributed by atoms with Crippen molar-refractivity contribution in [2.24, 2.45) is 0 Å². The number of carbonyl (C=O) groups is 1. The number of hydrogen-bond acceptors (Lipinski definition) is 5. The third-order valence-corrected chi connectivity index (χ3v) is 3.87. The molecule has 2 rings (SSSR count). The number of carbonyl (C=O) groups excluding carboxylic acids is 1. The minimum atomic E-state index is -4.57. The Hall–Kier alpha value is -3.14. The first-order chi connectivity index (χ1) is 13.5. The van der Waals surface area contributed by atoms with Gasteiger partial charge in [-0.2, -0.15) is 13.2 Å². The molecule has 2 aromatic carbocycles. The molecule has 7 nitrogen and oxygen atoms in total. The number of nitrogens with one attached hydrogen (secondary N) is 1. The summed E-state index contributed by atoms with van der Waals surface area (Å²) in [7, 11) is 3.90. The van der Waals surface area contributed by atoms with E-state index in [1.54, 1.807) is 12.1 Å².